The molecule has 0 spiro atoms. The maximum atomic E-state index is 11.8. The number of H-pyrrole nitrogens is 1. The molecule has 0 bridgehead atoms. The van der Waals surface area contributed by atoms with E-state index in [0.717, 1.165) is 6.20 Å². The van der Waals surface area contributed by atoms with Gasteiger partial charge in [0.1, 0.15) is 10.7 Å². The summed E-state index contributed by atoms with van der Waals surface area (Å²) in [6, 6.07) is 1.45. The second kappa shape index (κ2) is 3.52. The zero-order chi connectivity index (χ0) is 11.8. The number of hydrogen-bond donors (Lipinski definition) is 3. The first-order valence-corrected chi connectivity index (χ1v) is 5.72. The minimum Gasteiger partial charge on any atom is -0.383 e. The van der Waals surface area contributed by atoms with Crippen LogP contribution in [0.4, 0.5) is 11.7 Å². The Morgan fingerprint density at radius 2 is 2.31 bits per heavy atom. The lowest BCUT2D eigenvalue weighted by Crippen LogP contribution is -2.13. The summed E-state index contributed by atoms with van der Waals surface area (Å²) < 4.78 is 30.4. The molecule has 0 saturated carbocycles. The molecule has 8 nitrogen and oxygen atoms in total. The van der Waals surface area contributed by atoms with Gasteiger partial charge >= 0.3 is 0 Å². The number of aryl methyl sites for hydroxylation is 1. The lowest BCUT2D eigenvalue weighted by atomic mass is 10.5. The quantitative estimate of drug-likeness (QED) is 0.701. The number of hydrogen-bond acceptors (Lipinski definition) is 6. The van der Waals surface area contributed by atoms with E-state index in [2.05, 4.69) is 20.1 Å². The van der Waals surface area contributed by atoms with Crippen molar-refractivity contribution in [1.29, 1.82) is 0 Å². The summed E-state index contributed by atoms with van der Waals surface area (Å²) in [5.74, 6) is -0.0122. The predicted octanol–water partition coefficient (Wildman–Crippen LogP) is 0.0891. The molecule has 0 amide bonds. The molecule has 4 N–H and O–H groups in total. The Morgan fingerprint density at radius 1 is 1.56 bits per heavy atom. The van der Waals surface area contributed by atoms with Crippen molar-refractivity contribution in [1.82, 2.24) is 15.4 Å². The third-order valence-electron chi connectivity index (χ3n) is 1.78. The molecule has 0 unspecified atom stereocenters. The Labute approximate surface area is 90.9 Å². The number of nitrogens with zero attached hydrogens (tertiary/aromatic N) is 2. The molecule has 16 heavy (non-hydrogen) atoms. The highest BCUT2D eigenvalue weighted by Crippen LogP contribution is 2.19. The zero-order valence-corrected chi connectivity index (χ0v) is 9.08. The van der Waals surface area contributed by atoms with E-state index < -0.39 is 10.0 Å². The van der Waals surface area contributed by atoms with Gasteiger partial charge in [-0.1, -0.05) is 5.16 Å². The van der Waals surface area contributed by atoms with Crippen molar-refractivity contribution < 1.29 is 12.9 Å². The number of nitrogens with one attached hydrogen (secondary N) is 2. The van der Waals surface area contributed by atoms with E-state index >= 15 is 0 Å². The van der Waals surface area contributed by atoms with Gasteiger partial charge in [-0.25, -0.2) is 13.1 Å². The van der Waals surface area contributed by atoms with Crippen molar-refractivity contribution in [3.05, 3.63) is 18.0 Å². The summed E-state index contributed by atoms with van der Waals surface area (Å²) >= 11 is 0. The van der Waals surface area contributed by atoms with Crippen LogP contribution >= 0.6 is 0 Å². The molecule has 9 heteroatoms. The van der Waals surface area contributed by atoms with Crippen LogP contribution in [0.15, 0.2) is 21.7 Å². The average Bonchev–Trinajstić information content (AvgIpc) is 2.74. The Kier molecular flexibility index (Phi) is 2.31. The van der Waals surface area contributed by atoms with Crippen LogP contribution < -0.4 is 10.5 Å². The molecule has 2 aromatic rings. The molecule has 0 aliphatic heterocycles. The molecule has 0 fully saturated rings. The topological polar surface area (TPSA) is 127 Å². The van der Waals surface area contributed by atoms with Crippen LogP contribution in [0.3, 0.4) is 0 Å². The number of anilines is 2. The van der Waals surface area contributed by atoms with E-state index in [9.17, 15) is 8.42 Å². The standard InChI is InChI=1S/C7H9N5O3S/c1-4-2-6(15-11-4)12-16(13,14)5-3-9-10-7(5)8/h2-3,12H,1H3,(H3,8,9,10). The van der Waals surface area contributed by atoms with Gasteiger partial charge < -0.3 is 10.3 Å². The third kappa shape index (κ3) is 1.84. The van der Waals surface area contributed by atoms with Crippen molar-refractivity contribution in [2.75, 3.05) is 10.5 Å². The number of sulfonamides is 1. The number of nitrogen functional groups attached to an aromatic ring is 1. The number of aromatic amines is 1. The fraction of sp³-hybridized carbons (Fsp3) is 0.143. The summed E-state index contributed by atoms with van der Waals surface area (Å²) in [6.07, 6.45) is 1.11. The van der Waals surface area contributed by atoms with Crippen LogP contribution in [0.5, 0.6) is 0 Å². The highest BCUT2D eigenvalue weighted by atomic mass is 32.2. The van der Waals surface area contributed by atoms with Gasteiger partial charge in [-0.2, -0.15) is 5.10 Å². The highest BCUT2D eigenvalue weighted by molar-refractivity contribution is 7.92. The Hall–Kier alpha value is -2.03. The summed E-state index contributed by atoms with van der Waals surface area (Å²) in [5.41, 5.74) is 5.97. The fourth-order valence-corrected chi connectivity index (χ4v) is 2.10. The third-order valence-corrected chi connectivity index (χ3v) is 3.16. The molecule has 0 aliphatic rings. The van der Waals surface area contributed by atoms with Gasteiger partial charge in [0.15, 0.2) is 0 Å². The number of rotatable bonds is 3. The molecule has 2 heterocycles. The van der Waals surface area contributed by atoms with Crippen LogP contribution in [-0.4, -0.2) is 23.8 Å². The first-order chi connectivity index (χ1) is 7.49. The molecule has 0 radical (unpaired) electrons. The summed E-state index contributed by atoms with van der Waals surface area (Å²) in [7, 11) is -3.79. The first-order valence-electron chi connectivity index (χ1n) is 4.24. The van der Waals surface area contributed by atoms with Crippen molar-refractivity contribution >= 4 is 21.7 Å². The van der Waals surface area contributed by atoms with Crippen LogP contribution in [0.1, 0.15) is 5.69 Å². The molecular weight excluding hydrogens is 234 g/mol. The van der Waals surface area contributed by atoms with Gasteiger partial charge in [-0.15, -0.1) is 0 Å². The lowest BCUT2D eigenvalue weighted by molar-refractivity contribution is 0.430. The minimum absolute atomic E-state index is 0.0260. The van der Waals surface area contributed by atoms with Crippen LogP contribution in [-0.2, 0) is 10.0 Å². The van der Waals surface area contributed by atoms with Crippen molar-refractivity contribution in [2.24, 2.45) is 0 Å². The molecular formula is C7H9N5O3S. The molecule has 0 aromatic carbocycles. The van der Waals surface area contributed by atoms with E-state index in [1.807, 2.05) is 0 Å². The number of aromatic nitrogens is 3. The second-order valence-electron chi connectivity index (χ2n) is 3.09. The lowest BCUT2D eigenvalue weighted by Gasteiger charge is -2.01. The highest BCUT2D eigenvalue weighted by Gasteiger charge is 2.20. The normalized spacial score (nSPS) is 11.6. The minimum atomic E-state index is -3.79. The van der Waals surface area contributed by atoms with Gasteiger partial charge in [-0.05, 0) is 6.92 Å². The van der Waals surface area contributed by atoms with Gasteiger partial charge in [-0.3, -0.25) is 5.10 Å². The van der Waals surface area contributed by atoms with E-state index in [0.29, 0.717) is 5.69 Å². The largest absolute Gasteiger partial charge is 0.383 e. The van der Waals surface area contributed by atoms with E-state index in [-0.39, 0.29) is 16.6 Å². The van der Waals surface area contributed by atoms with Gasteiger partial charge in [0.2, 0.25) is 5.88 Å². The van der Waals surface area contributed by atoms with E-state index in [1.54, 1.807) is 6.92 Å². The van der Waals surface area contributed by atoms with Crippen molar-refractivity contribution in [3.63, 3.8) is 0 Å². The Balaban J connectivity index is 2.31. The van der Waals surface area contributed by atoms with E-state index in [1.165, 1.54) is 6.07 Å². The fourth-order valence-electron chi connectivity index (χ4n) is 1.10. The summed E-state index contributed by atoms with van der Waals surface area (Å²) in [6.45, 7) is 1.67. The molecule has 2 rings (SSSR count). The predicted molar refractivity (Wildman–Crippen MR) is 55.0 cm³/mol. The summed E-state index contributed by atoms with van der Waals surface area (Å²) in [4.78, 5) is -0.137. The summed E-state index contributed by atoms with van der Waals surface area (Å²) in [5, 5.41) is 9.40. The van der Waals surface area contributed by atoms with Crippen molar-refractivity contribution in [3.8, 4) is 0 Å². The molecule has 0 saturated heterocycles. The maximum Gasteiger partial charge on any atom is 0.269 e. The van der Waals surface area contributed by atoms with Crippen LogP contribution in [0, 0.1) is 6.92 Å². The average molecular weight is 243 g/mol. The molecule has 2 aromatic heterocycles. The monoisotopic (exact) mass is 243 g/mol. The Morgan fingerprint density at radius 3 is 2.81 bits per heavy atom. The SMILES string of the molecule is Cc1cc(NS(=O)(=O)c2cn[nH]c2N)on1. The molecule has 0 aliphatic carbocycles. The van der Waals surface area contributed by atoms with Crippen LogP contribution in [0.2, 0.25) is 0 Å². The van der Waals surface area contributed by atoms with E-state index in [4.69, 9.17) is 10.3 Å². The zero-order valence-electron chi connectivity index (χ0n) is 8.26. The van der Waals surface area contributed by atoms with Gasteiger partial charge in [0, 0.05) is 6.07 Å². The van der Waals surface area contributed by atoms with Crippen LogP contribution in [0.25, 0.3) is 0 Å². The Bertz CT molecular complexity index is 599. The molecule has 0 atom stereocenters. The second-order valence-corrected chi connectivity index (χ2v) is 4.74. The van der Waals surface area contributed by atoms with Gasteiger partial charge in [0.25, 0.3) is 10.0 Å². The number of nitrogens with two attached hydrogens (primary N) is 1. The first kappa shape index (κ1) is 10.5. The maximum absolute atomic E-state index is 11.8. The molecule has 86 valence electrons. The van der Waals surface area contributed by atoms with Gasteiger partial charge in [0.05, 0.1) is 11.9 Å². The smallest absolute Gasteiger partial charge is 0.269 e. The van der Waals surface area contributed by atoms with Crippen molar-refractivity contribution in [2.45, 2.75) is 11.8 Å².